The van der Waals surface area contributed by atoms with Crippen LogP contribution in [0.25, 0.3) is 0 Å². The summed E-state index contributed by atoms with van der Waals surface area (Å²) in [6.45, 7) is 4.71. The zero-order valence-electron chi connectivity index (χ0n) is 13.4. The lowest BCUT2D eigenvalue weighted by Gasteiger charge is -2.10. The van der Waals surface area contributed by atoms with Crippen LogP contribution in [0, 0.1) is 13.8 Å². The van der Waals surface area contributed by atoms with Gasteiger partial charge in [0.05, 0.1) is 12.0 Å². The second kappa shape index (κ2) is 7.58. The molecule has 0 unspecified atom stereocenters. The van der Waals surface area contributed by atoms with Gasteiger partial charge in [0, 0.05) is 6.54 Å². The lowest BCUT2D eigenvalue weighted by atomic mass is 10.0. The maximum Gasteiger partial charge on any atom is 0.335 e. The number of carboxylic acids is 1. The summed E-state index contributed by atoms with van der Waals surface area (Å²) in [6.07, 6.45) is 0.979. The predicted molar refractivity (Wildman–Crippen MR) is 89.7 cm³/mol. The predicted octanol–water partition coefficient (Wildman–Crippen LogP) is 2.90. The van der Waals surface area contributed by atoms with E-state index in [4.69, 9.17) is 5.11 Å². The fourth-order valence-electron chi connectivity index (χ4n) is 2.63. The van der Waals surface area contributed by atoms with E-state index in [0.29, 0.717) is 12.1 Å². The zero-order chi connectivity index (χ0) is 16.8. The van der Waals surface area contributed by atoms with Crippen LogP contribution in [0.2, 0.25) is 0 Å². The Morgan fingerprint density at radius 3 is 2.35 bits per heavy atom. The van der Waals surface area contributed by atoms with E-state index in [-0.39, 0.29) is 17.9 Å². The van der Waals surface area contributed by atoms with Gasteiger partial charge in [-0.3, -0.25) is 4.79 Å². The Kier molecular flexibility index (Phi) is 5.52. The number of carboxylic acid groups (broad SMARTS) is 1. The van der Waals surface area contributed by atoms with E-state index in [2.05, 4.69) is 31.3 Å². The van der Waals surface area contributed by atoms with E-state index in [1.54, 1.807) is 12.1 Å². The number of rotatable bonds is 6. The maximum atomic E-state index is 12.0. The van der Waals surface area contributed by atoms with Crippen molar-refractivity contribution in [1.82, 2.24) is 5.32 Å². The van der Waals surface area contributed by atoms with Crippen LogP contribution in [-0.2, 0) is 17.6 Å². The first-order chi connectivity index (χ1) is 11.0. The summed E-state index contributed by atoms with van der Waals surface area (Å²) in [5, 5.41) is 11.9. The van der Waals surface area contributed by atoms with Crippen LogP contribution in [0.5, 0.6) is 0 Å². The largest absolute Gasteiger partial charge is 0.478 e. The van der Waals surface area contributed by atoms with Crippen LogP contribution in [0.4, 0.5) is 0 Å². The fourth-order valence-corrected chi connectivity index (χ4v) is 2.63. The van der Waals surface area contributed by atoms with E-state index in [1.165, 1.54) is 28.8 Å². The van der Waals surface area contributed by atoms with Crippen LogP contribution < -0.4 is 5.32 Å². The topological polar surface area (TPSA) is 66.4 Å². The molecule has 0 saturated heterocycles. The van der Waals surface area contributed by atoms with Crippen molar-refractivity contribution in [2.45, 2.75) is 26.7 Å². The van der Waals surface area contributed by atoms with Crippen LogP contribution in [0.15, 0.2) is 42.5 Å². The van der Waals surface area contributed by atoms with Crippen molar-refractivity contribution in [3.05, 3.63) is 70.3 Å². The minimum absolute atomic E-state index is 0.0984. The third-order valence-electron chi connectivity index (χ3n) is 3.88. The van der Waals surface area contributed by atoms with Gasteiger partial charge in [-0.05, 0) is 54.7 Å². The van der Waals surface area contributed by atoms with E-state index in [1.807, 2.05) is 6.07 Å². The molecule has 0 radical (unpaired) electrons. The minimum Gasteiger partial charge on any atom is -0.478 e. The highest BCUT2D eigenvalue weighted by atomic mass is 16.4. The van der Waals surface area contributed by atoms with Gasteiger partial charge in [-0.1, -0.05) is 30.3 Å². The van der Waals surface area contributed by atoms with Crippen LogP contribution >= 0.6 is 0 Å². The molecule has 0 saturated carbocycles. The summed E-state index contributed by atoms with van der Waals surface area (Å²) in [6, 6.07) is 12.6. The molecule has 4 heteroatoms. The van der Waals surface area contributed by atoms with Crippen molar-refractivity contribution in [2.24, 2.45) is 0 Å². The van der Waals surface area contributed by atoms with E-state index < -0.39 is 5.97 Å². The van der Waals surface area contributed by atoms with Crippen molar-refractivity contribution in [3.63, 3.8) is 0 Å². The molecule has 0 aliphatic heterocycles. The van der Waals surface area contributed by atoms with Gasteiger partial charge in [-0.15, -0.1) is 0 Å². The summed E-state index contributed by atoms with van der Waals surface area (Å²) in [5.74, 6) is -1.08. The summed E-state index contributed by atoms with van der Waals surface area (Å²) in [7, 11) is 0. The molecule has 0 bridgehead atoms. The molecule has 120 valence electrons. The molecule has 0 aliphatic rings. The highest BCUT2D eigenvalue weighted by Gasteiger charge is 2.08. The van der Waals surface area contributed by atoms with Crippen LogP contribution in [0.3, 0.4) is 0 Å². The number of hydrogen-bond acceptors (Lipinski definition) is 2. The van der Waals surface area contributed by atoms with Crippen LogP contribution in [0.1, 0.15) is 32.6 Å². The molecule has 1 amide bonds. The summed E-state index contributed by atoms with van der Waals surface area (Å²) in [4.78, 5) is 22.9. The third-order valence-corrected chi connectivity index (χ3v) is 3.88. The highest BCUT2D eigenvalue weighted by Crippen LogP contribution is 2.13. The Hall–Kier alpha value is -2.62. The van der Waals surface area contributed by atoms with Gasteiger partial charge in [0.1, 0.15) is 0 Å². The molecular formula is C19H21NO3. The van der Waals surface area contributed by atoms with Crippen molar-refractivity contribution in [1.29, 1.82) is 0 Å². The van der Waals surface area contributed by atoms with Gasteiger partial charge in [0.15, 0.2) is 0 Å². The van der Waals surface area contributed by atoms with Crippen molar-refractivity contribution < 1.29 is 14.7 Å². The molecule has 23 heavy (non-hydrogen) atoms. The van der Waals surface area contributed by atoms with Crippen molar-refractivity contribution in [3.8, 4) is 0 Å². The molecule has 0 heterocycles. The zero-order valence-corrected chi connectivity index (χ0v) is 13.4. The van der Waals surface area contributed by atoms with Gasteiger partial charge >= 0.3 is 5.97 Å². The Balaban J connectivity index is 1.88. The van der Waals surface area contributed by atoms with Gasteiger partial charge < -0.3 is 10.4 Å². The fraction of sp³-hybridized carbons (Fsp3) is 0.263. The first-order valence-corrected chi connectivity index (χ1v) is 7.61. The normalized spacial score (nSPS) is 10.3. The van der Waals surface area contributed by atoms with E-state index >= 15 is 0 Å². The molecule has 0 atom stereocenters. The number of nitrogens with one attached hydrogen (secondary N) is 1. The lowest BCUT2D eigenvalue weighted by molar-refractivity contribution is -0.120. The number of carbonyl (C=O) groups is 2. The first kappa shape index (κ1) is 16.7. The molecule has 0 fully saturated rings. The van der Waals surface area contributed by atoms with Gasteiger partial charge in [-0.25, -0.2) is 4.79 Å². The molecule has 0 aromatic heterocycles. The average molecular weight is 311 g/mol. The first-order valence-electron chi connectivity index (χ1n) is 7.61. The van der Waals surface area contributed by atoms with Gasteiger partial charge in [-0.2, -0.15) is 0 Å². The number of benzene rings is 2. The van der Waals surface area contributed by atoms with Gasteiger partial charge in [0.25, 0.3) is 0 Å². The number of carbonyl (C=O) groups excluding carboxylic acids is 1. The lowest BCUT2D eigenvalue weighted by Crippen LogP contribution is -2.27. The second-order valence-corrected chi connectivity index (χ2v) is 5.65. The quantitative estimate of drug-likeness (QED) is 0.862. The number of amides is 1. The molecule has 4 nitrogen and oxygen atoms in total. The van der Waals surface area contributed by atoms with E-state index in [0.717, 1.165) is 6.42 Å². The summed E-state index contributed by atoms with van der Waals surface area (Å²) >= 11 is 0. The maximum absolute atomic E-state index is 12.0. The number of aromatic carboxylic acids is 1. The summed E-state index contributed by atoms with van der Waals surface area (Å²) in [5.41, 5.74) is 4.63. The number of hydrogen-bond donors (Lipinski definition) is 2. The number of aryl methyl sites for hydroxylation is 2. The Morgan fingerprint density at radius 2 is 1.70 bits per heavy atom. The average Bonchev–Trinajstić information content (AvgIpc) is 2.50. The molecular weight excluding hydrogens is 290 g/mol. The Bertz CT molecular complexity index is 702. The molecule has 0 spiro atoms. The standard InChI is InChI=1S/C19H21NO3/c1-13-5-3-6-14(2)17(13)9-10-20-18(21)12-15-7-4-8-16(11-15)19(22)23/h3-8,11H,9-10,12H2,1-2H3,(H,20,21)(H,22,23). The minimum atomic E-state index is -0.984. The highest BCUT2D eigenvalue weighted by molar-refractivity contribution is 5.88. The monoisotopic (exact) mass is 311 g/mol. The second-order valence-electron chi connectivity index (χ2n) is 5.65. The molecule has 2 aromatic carbocycles. The SMILES string of the molecule is Cc1cccc(C)c1CCNC(=O)Cc1cccc(C(=O)O)c1. The van der Waals surface area contributed by atoms with E-state index in [9.17, 15) is 9.59 Å². The smallest absolute Gasteiger partial charge is 0.335 e. The molecule has 2 aromatic rings. The van der Waals surface area contributed by atoms with Gasteiger partial charge in [0.2, 0.25) is 5.91 Å². The molecule has 2 N–H and O–H groups in total. The molecule has 0 aliphatic carbocycles. The van der Waals surface area contributed by atoms with Crippen molar-refractivity contribution in [2.75, 3.05) is 6.54 Å². The van der Waals surface area contributed by atoms with Crippen LogP contribution in [-0.4, -0.2) is 23.5 Å². The molecule has 2 rings (SSSR count). The third kappa shape index (κ3) is 4.68. The Labute approximate surface area is 136 Å². The van der Waals surface area contributed by atoms with Crippen molar-refractivity contribution >= 4 is 11.9 Å². The summed E-state index contributed by atoms with van der Waals surface area (Å²) < 4.78 is 0. The Morgan fingerprint density at radius 1 is 1.04 bits per heavy atom.